The van der Waals surface area contributed by atoms with Crippen LogP contribution in [-0.2, 0) is 0 Å². The van der Waals surface area contributed by atoms with E-state index in [2.05, 4.69) is 10.3 Å². The number of pyridine rings is 1. The van der Waals surface area contributed by atoms with Gasteiger partial charge in [-0.05, 0) is 36.8 Å². The zero-order valence-corrected chi connectivity index (χ0v) is 11.3. The lowest BCUT2D eigenvalue weighted by atomic mass is 10.2. The van der Waals surface area contributed by atoms with E-state index in [4.69, 9.17) is 29.6 Å². The van der Waals surface area contributed by atoms with Crippen molar-refractivity contribution in [2.24, 2.45) is 5.73 Å². The summed E-state index contributed by atoms with van der Waals surface area (Å²) in [5, 5.41) is 3.96. The van der Waals surface area contributed by atoms with Crippen LogP contribution in [0.2, 0.25) is 5.02 Å². The highest BCUT2D eigenvalue weighted by molar-refractivity contribution is 7.80. The summed E-state index contributed by atoms with van der Waals surface area (Å²) in [6, 6.07) is 9.37. The minimum atomic E-state index is 0.262. The molecule has 1 heterocycles. The number of hydrogen-bond acceptors (Lipinski definition) is 3. The Morgan fingerprint density at radius 1 is 1.28 bits per heavy atom. The molecule has 0 atom stereocenters. The molecule has 0 radical (unpaired) electrons. The summed E-state index contributed by atoms with van der Waals surface area (Å²) in [4.78, 5) is 4.43. The summed E-state index contributed by atoms with van der Waals surface area (Å²) in [5.41, 5.74) is 8.87. The standard InChI is InChI=1S/C13H12ClN3S/c1-8-9(14)4-2-5-10(8)17-11-6-3-7-16-12(11)13(15)18/h2-7,17H,1H3,(H2,15,18). The van der Waals surface area contributed by atoms with Gasteiger partial charge in [0.1, 0.15) is 10.7 Å². The first kappa shape index (κ1) is 12.8. The van der Waals surface area contributed by atoms with Crippen LogP contribution in [0.15, 0.2) is 36.5 Å². The Labute approximate surface area is 116 Å². The van der Waals surface area contributed by atoms with Crippen LogP contribution >= 0.6 is 23.8 Å². The number of nitrogens with two attached hydrogens (primary N) is 1. The largest absolute Gasteiger partial charge is 0.388 e. The van der Waals surface area contributed by atoms with E-state index in [-0.39, 0.29) is 4.99 Å². The number of thiocarbonyl (C=S) groups is 1. The van der Waals surface area contributed by atoms with E-state index in [1.54, 1.807) is 6.20 Å². The van der Waals surface area contributed by atoms with Crippen LogP contribution in [0, 0.1) is 6.92 Å². The Kier molecular flexibility index (Phi) is 3.79. The fourth-order valence-corrected chi connectivity index (χ4v) is 1.93. The Morgan fingerprint density at radius 3 is 2.72 bits per heavy atom. The van der Waals surface area contributed by atoms with Gasteiger partial charge < -0.3 is 11.1 Å². The molecule has 0 saturated carbocycles. The van der Waals surface area contributed by atoms with Gasteiger partial charge in [0.2, 0.25) is 0 Å². The van der Waals surface area contributed by atoms with Crippen molar-refractivity contribution < 1.29 is 0 Å². The van der Waals surface area contributed by atoms with Crippen molar-refractivity contribution in [3.05, 3.63) is 52.8 Å². The predicted molar refractivity (Wildman–Crippen MR) is 79.6 cm³/mol. The lowest BCUT2D eigenvalue weighted by Crippen LogP contribution is -2.14. The quantitative estimate of drug-likeness (QED) is 0.844. The first-order valence-electron chi connectivity index (χ1n) is 5.36. The molecule has 2 rings (SSSR count). The monoisotopic (exact) mass is 277 g/mol. The fraction of sp³-hybridized carbons (Fsp3) is 0.0769. The molecule has 92 valence electrons. The van der Waals surface area contributed by atoms with Crippen LogP contribution < -0.4 is 11.1 Å². The van der Waals surface area contributed by atoms with Crippen LogP contribution in [0.25, 0.3) is 0 Å². The van der Waals surface area contributed by atoms with Crippen LogP contribution in [0.1, 0.15) is 11.3 Å². The number of hydrogen-bond donors (Lipinski definition) is 2. The number of benzene rings is 1. The molecular formula is C13H12ClN3S. The van der Waals surface area contributed by atoms with Crippen molar-refractivity contribution in [3.63, 3.8) is 0 Å². The van der Waals surface area contributed by atoms with E-state index in [9.17, 15) is 0 Å². The van der Waals surface area contributed by atoms with Gasteiger partial charge in [0.05, 0.1) is 5.69 Å². The number of nitrogens with one attached hydrogen (secondary N) is 1. The summed E-state index contributed by atoms with van der Waals surface area (Å²) in [5.74, 6) is 0. The summed E-state index contributed by atoms with van der Waals surface area (Å²) in [6.45, 7) is 1.95. The second-order valence-corrected chi connectivity index (χ2v) is 4.65. The van der Waals surface area contributed by atoms with Crippen LogP contribution in [-0.4, -0.2) is 9.97 Å². The number of aromatic nitrogens is 1. The Morgan fingerprint density at radius 2 is 2.00 bits per heavy atom. The molecule has 3 nitrogen and oxygen atoms in total. The molecule has 0 bridgehead atoms. The number of halogens is 1. The first-order valence-corrected chi connectivity index (χ1v) is 6.15. The van der Waals surface area contributed by atoms with Gasteiger partial charge in [-0.15, -0.1) is 0 Å². The van der Waals surface area contributed by atoms with Crippen LogP contribution in [0.4, 0.5) is 11.4 Å². The average Bonchev–Trinajstić information content (AvgIpc) is 2.35. The molecule has 0 spiro atoms. The predicted octanol–water partition coefficient (Wildman–Crippen LogP) is 3.42. The Hall–Kier alpha value is -1.65. The molecule has 1 aromatic carbocycles. The Balaban J connectivity index is 2.40. The third-order valence-electron chi connectivity index (χ3n) is 2.58. The minimum Gasteiger partial charge on any atom is -0.388 e. The van der Waals surface area contributed by atoms with E-state index in [0.29, 0.717) is 10.7 Å². The highest BCUT2D eigenvalue weighted by Gasteiger charge is 2.08. The van der Waals surface area contributed by atoms with Crippen molar-refractivity contribution in [3.8, 4) is 0 Å². The number of anilines is 2. The van der Waals surface area contributed by atoms with E-state index in [1.807, 2.05) is 37.3 Å². The van der Waals surface area contributed by atoms with E-state index >= 15 is 0 Å². The molecule has 3 N–H and O–H groups in total. The molecule has 0 saturated heterocycles. The molecule has 18 heavy (non-hydrogen) atoms. The summed E-state index contributed by atoms with van der Waals surface area (Å²) in [7, 11) is 0. The van der Waals surface area contributed by atoms with E-state index < -0.39 is 0 Å². The molecule has 0 amide bonds. The number of rotatable bonds is 3. The first-order chi connectivity index (χ1) is 8.59. The number of nitrogens with zero attached hydrogens (tertiary/aromatic N) is 1. The van der Waals surface area contributed by atoms with Gasteiger partial charge in [-0.3, -0.25) is 4.98 Å². The topological polar surface area (TPSA) is 50.9 Å². The highest BCUT2D eigenvalue weighted by Crippen LogP contribution is 2.27. The fourth-order valence-electron chi connectivity index (χ4n) is 1.59. The normalized spacial score (nSPS) is 10.1. The molecule has 1 aromatic heterocycles. The van der Waals surface area contributed by atoms with Crippen molar-refractivity contribution in [1.82, 2.24) is 4.98 Å². The summed E-state index contributed by atoms with van der Waals surface area (Å²) >= 11 is 11.0. The zero-order chi connectivity index (χ0) is 13.1. The molecule has 0 unspecified atom stereocenters. The van der Waals surface area contributed by atoms with Crippen molar-refractivity contribution in [2.45, 2.75) is 6.92 Å². The zero-order valence-electron chi connectivity index (χ0n) is 9.77. The molecule has 0 fully saturated rings. The summed E-state index contributed by atoms with van der Waals surface area (Å²) in [6.07, 6.45) is 1.66. The molecule has 0 aliphatic rings. The highest BCUT2D eigenvalue weighted by atomic mass is 35.5. The van der Waals surface area contributed by atoms with Gasteiger partial charge >= 0.3 is 0 Å². The second kappa shape index (κ2) is 5.33. The Bertz CT molecular complexity index is 599. The van der Waals surface area contributed by atoms with Crippen LogP contribution in [0.3, 0.4) is 0 Å². The van der Waals surface area contributed by atoms with Crippen molar-refractivity contribution >= 4 is 40.2 Å². The van der Waals surface area contributed by atoms with Gasteiger partial charge in [0.15, 0.2) is 0 Å². The van der Waals surface area contributed by atoms with E-state index in [1.165, 1.54) is 0 Å². The lowest BCUT2D eigenvalue weighted by molar-refractivity contribution is 1.28. The van der Waals surface area contributed by atoms with Crippen molar-refractivity contribution in [2.75, 3.05) is 5.32 Å². The van der Waals surface area contributed by atoms with Gasteiger partial charge in [-0.2, -0.15) is 0 Å². The van der Waals surface area contributed by atoms with Gasteiger partial charge in [0.25, 0.3) is 0 Å². The third kappa shape index (κ3) is 2.60. The average molecular weight is 278 g/mol. The maximum absolute atomic E-state index is 6.08. The van der Waals surface area contributed by atoms with Crippen molar-refractivity contribution in [1.29, 1.82) is 0 Å². The molecule has 0 aliphatic heterocycles. The molecule has 0 aliphatic carbocycles. The molecule has 2 aromatic rings. The lowest BCUT2D eigenvalue weighted by Gasteiger charge is -2.13. The smallest absolute Gasteiger partial charge is 0.124 e. The van der Waals surface area contributed by atoms with Crippen LogP contribution in [0.5, 0.6) is 0 Å². The molecule has 5 heteroatoms. The minimum absolute atomic E-state index is 0.262. The second-order valence-electron chi connectivity index (χ2n) is 3.80. The third-order valence-corrected chi connectivity index (χ3v) is 3.18. The van der Waals surface area contributed by atoms with E-state index in [0.717, 1.165) is 16.9 Å². The summed E-state index contributed by atoms with van der Waals surface area (Å²) < 4.78 is 0. The SMILES string of the molecule is Cc1c(Cl)cccc1Nc1cccnc1C(N)=S. The van der Waals surface area contributed by atoms with Gasteiger partial charge in [0, 0.05) is 16.9 Å². The maximum Gasteiger partial charge on any atom is 0.124 e. The van der Waals surface area contributed by atoms with Gasteiger partial charge in [-0.1, -0.05) is 29.9 Å². The maximum atomic E-state index is 6.08. The van der Waals surface area contributed by atoms with Gasteiger partial charge in [-0.25, -0.2) is 0 Å². The molecular weight excluding hydrogens is 266 g/mol.